The van der Waals surface area contributed by atoms with Crippen LogP contribution < -0.4 is 4.90 Å². The number of rotatable bonds is 3. The zero-order valence-corrected chi connectivity index (χ0v) is 15.4. The number of alkyl halides is 6. The number of benzene rings is 2. The summed E-state index contributed by atoms with van der Waals surface area (Å²) in [7, 11) is 0. The Morgan fingerprint density at radius 2 is 1.67 bits per heavy atom. The van der Waals surface area contributed by atoms with Gasteiger partial charge in [0.05, 0.1) is 17.7 Å². The molecule has 1 aliphatic heterocycles. The van der Waals surface area contributed by atoms with Crippen LogP contribution in [0.15, 0.2) is 36.4 Å². The Hall–Kier alpha value is -3.06. The third-order valence-corrected chi connectivity index (χ3v) is 4.81. The summed E-state index contributed by atoms with van der Waals surface area (Å²) in [5.41, 5.74) is -9.06. The van der Waals surface area contributed by atoms with Crippen molar-refractivity contribution < 1.29 is 36.2 Å². The van der Waals surface area contributed by atoms with Crippen LogP contribution in [0.5, 0.6) is 0 Å². The lowest BCUT2D eigenvalue weighted by Gasteiger charge is -2.28. The third-order valence-electron chi connectivity index (χ3n) is 4.81. The zero-order valence-electron chi connectivity index (χ0n) is 15.4. The average Bonchev–Trinajstić information content (AvgIpc) is 2.89. The van der Waals surface area contributed by atoms with E-state index in [2.05, 4.69) is 4.85 Å². The average molecular weight is 428 g/mol. The van der Waals surface area contributed by atoms with E-state index in [0.717, 1.165) is 29.2 Å². The second-order valence-electron chi connectivity index (χ2n) is 6.71. The zero-order chi connectivity index (χ0) is 22.5. The highest BCUT2D eigenvalue weighted by atomic mass is 19.4. The highest BCUT2D eigenvalue weighted by Gasteiger charge is 2.57. The molecule has 158 valence electrons. The number of anilines is 1. The molecule has 1 amide bonds. The maximum atomic E-state index is 13.8. The van der Waals surface area contributed by atoms with Crippen molar-refractivity contribution in [3.05, 3.63) is 70.1 Å². The Morgan fingerprint density at radius 1 is 1.07 bits per heavy atom. The molecule has 0 aromatic heterocycles. The fourth-order valence-corrected chi connectivity index (χ4v) is 3.65. The number of carbonyl (C=O) groups is 1. The topological polar surface area (TPSA) is 44.9 Å². The van der Waals surface area contributed by atoms with E-state index >= 15 is 0 Å². The molecule has 2 aromatic carbocycles. The van der Waals surface area contributed by atoms with Gasteiger partial charge in [0, 0.05) is 23.4 Å². The van der Waals surface area contributed by atoms with Gasteiger partial charge in [-0.15, -0.1) is 0 Å². The first-order valence-electron chi connectivity index (χ1n) is 8.71. The van der Waals surface area contributed by atoms with Gasteiger partial charge < -0.3 is 10.0 Å². The molecule has 1 N–H and O–H groups in total. The first-order valence-corrected chi connectivity index (χ1v) is 8.71. The molecule has 0 radical (unpaired) electrons. The predicted molar refractivity (Wildman–Crippen MR) is 94.8 cm³/mol. The summed E-state index contributed by atoms with van der Waals surface area (Å²) in [5, 5.41) is 11.3. The van der Waals surface area contributed by atoms with Gasteiger partial charge in [0.25, 0.3) is 5.91 Å². The molecular formula is C20H14F6N2O2. The van der Waals surface area contributed by atoms with E-state index in [1.807, 2.05) is 0 Å². The number of aliphatic hydroxyl groups is 1. The Kier molecular flexibility index (Phi) is 5.07. The van der Waals surface area contributed by atoms with E-state index in [4.69, 9.17) is 6.57 Å². The molecule has 0 spiro atoms. The molecule has 0 saturated heterocycles. The molecule has 0 aliphatic carbocycles. The molecular weight excluding hydrogens is 414 g/mol. The Morgan fingerprint density at radius 3 is 2.20 bits per heavy atom. The second kappa shape index (κ2) is 7.02. The van der Waals surface area contributed by atoms with E-state index < -0.39 is 57.5 Å². The van der Waals surface area contributed by atoms with Crippen LogP contribution in [-0.2, 0) is 22.7 Å². The highest BCUT2D eigenvalue weighted by Crippen LogP contribution is 2.53. The summed E-state index contributed by atoms with van der Waals surface area (Å²) in [6, 6.07) is 4.87. The van der Waals surface area contributed by atoms with Crippen LogP contribution in [0.4, 0.5) is 37.7 Å². The number of halogens is 6. The number of carbonyl (C=O) groups excluding carboxylic acids is 1. The summed E-state index contributed by atoms with van der Waals surface area (Å²) in [6.07, 6.45) is -9.90. The van der Waals surface area contributed by atoms with E-state index in [1.54, 1.807) is 6.92 Å². The molecule has 1 unspecified atom stereocenters. The first-order chi connectivity index (χ1) is 13.9. The van der Waals surface area contributed by atoms with Crippen LogP contribution in [0.2, 0.25) is 0 Å². The lowest BCUT2D eigenvalue weighted by molar-refractivity contribution is -0.145. The lowest BCUT2D eigenvalue weighted by Crippen LogP contribution is -2.43. The van der Waals surface area contributed by atoms with Crippen molar-refractivity contribution in [2.24, 2.45) is 0 Å². The van der Waals surface area contributed by atoms with Crippen LogP contribution in [-0.4, -0.2) is 17.6 Å². The molecule has 3 rings (SSSR count). The number of hydrogen-bond donors (Lipinski definition) is 1. The Bertz CT molecular complexity index is 1050. The van der Waals surface area contributed by atoms with Crippen molar-refractivity contribution in [2.75, 3.05) is 11.4 Å². The van der Waals surface area contributed by atoms with Crippen LogP contribution >= 0.6 is 0 Å². The van der Waals surface area contributed by atoms with Crippen LogP contribution in [0, 0.1) is 6.57 Å². The van der Waals surface area contributed by atoms with Gasteiger partial charge in [-0.05, 0) is 24.6 Å². The number of fused-ring (bicyclic) bond motifs is 1. The monoisotopic (exact) mass is 428 g/mol. The predicted octanol–water partition coefficient (Wildman–Crippen LogP) is 5.27. The third kappa shape index (κ3) is 3.19. The van der Waals surface area contributed by atoms with Crippen molar-refractivity contribution in [3.63, 3.8) is 0 Å². The summed E-state index contributed by atoms with van der Waals surface area (Å²) < 4.78 is 82.2. The van der Waals surface area contributed by atoms with Crippen molar-refractivity contribution in [1.29, 1.82) is 0 Å². The highest BCUT2D eigenvalue weighted by molar-refractivity contribution is 6.10. The second-order valence-corrected chi connectivity index (χ2v) is 6.71. The standard InChI is InChI=1S/C20H14F6N2O2/c1-3-8-28-15-10-11(27-2)9-14(20(24,25)26)16(15)18(30,17(28)29)12-6-4-5-7-13(12)19(21,22)23/h4-7,9-10,30H,3,8H2,1H3. The first kappa shape index (κ1) is 21.6. The Labute approximate surface area is 167 Å². The normalized spacial score (nSPS) is 19.0. The van der Waals surface area contributed by atoms with Crippen LogP contribution in [0.1, 0.15) is 35.6 Å². The molecule has 30 heavy (non-hydrogen) atoms. The van der Waals surface area contributed by atoms with Gasteiger partial charge in [0.2, 0.25) is 0 Å². The van der Waals surface area contributed by atoms with E-state index in [-0.39, 0.29) is 13.0 Å². The van der Waals surface area contributed by atoms with Gasteiger partial charge in [-0.25, -0.2) is 4.85 Å². The lowest BCUT2D eigenvalue weighted by atomic mass is 9.81. The van der Waals surface area contributed by atoms with Crippen LogP contribution in [0.25, 0.3) is 4.85 Å². The van der Waals surface area contributed by atoms with Crippen molar-refractivity contribution in [1.82, 2.24) is 0 Å². The minimum Gasteiger partial charge on any atom is -0.372 e. The SMILES string of the molecule is [C-]#[N+]c1cc2c(c(C(F)(F)F)c1)C(O)(c1ccccc1C(F)(F)F)C(=O)N2CCC. The minimum absolute atomic E-state index is 0.152. The molecule has 0 bridgehead atoms. The number of hydrogen-bond acceptors (Lipinski definition) is 2. The van der Waals surface area contributed by atoms with Gasteiger partial charge in [0.1, 0.15) is 0 Å². The molecule has 2 aromatic rings. The van der Waals surface area contributed by atoms with Gasteiger partial charge >= 0.3 is 12.4 Å². The maximum absolute atomic E-state index is 13.8. The summed E-state index contributed by atoms with van der Waals surface area (Å²) in [5.74, 6) is -1.33. The van der Waals surface area contributed by atoms with Crippen molar-refractivity contribution in [3.8, 4) is 0 Å². The molecule has 0 saturated carbocycles. The van der Waals surface area contributed by atoms with Crippen LogP contribution in [0.3, 0.4) is 0 Å². The molecule has 1 heterocycles. The smallest absolute Gasteiger partial charge is 0.372 e. The fraction of sp³-hybridized carbons (Fsp3) is 0.300. The van der Waals surface area contributed by atoms with Crippen molar-refractivity contribution >= 4 is 17.3 Å². The Balaban J connectivity index is 2.47. The van der Waals surface area contributed by atoms with Gasteiger partial charge in [-0.1, -0.05) is 25.1 Å². The maximum Gasteiger partial charge on any atom is 0.416 e. The molecule has 1 atom stereocenters. The fourth-order valence-electron chi connectivity index (χ4n) is 3.65. The summed E-state index contributed by atoms with van der Waals surface area (Å²) >= 11 is 0. The molecule has 10 heteroatoms. The van der Waals surface area contributed by atoms with Crippen molar-refractivity contribution in [2.45, 2.75) is 31.3 Å². The van der Waals surface area contributed by atoms with E-state index in [9.17, 15) is 36.2 Å². The minimum atomic E-state index is -5.13. The number of nitrogens with zero attached hydrogens (tertiary/aromatic N) is 2. The van der Waals surface area contributed by atoms with Gasteiger partial charge in [-0.3, -0.25) is 4.79 Å². The summed E-state index contributed by atoms with van der Waals surface area (Å²) in [4.78, 5) is 16.9. The summed E-state index contributed by atoms with van der Waals surface area (Å²) in [6.45, 7) is 8.50. The van der Waals surface area contributed by atoms with E-state index in [1.165, 1.54) is 0 Å². The van der Waals surface area contributed by atoms with E-state index in [0.29, 0.717) is 12.1 Å². The molecule has 1 aliphatic rings. The quantitative estimate of drug-likeness (QED) is 0.535. The molecule has 4 nitrogen and oxygen atoms in total. The molecule has 0 fully saturated rings. The largest absolute Gasteiger partial charge is 0.416 e. The van der Waals surface area contributed by atoms with Gasteiger partial charge in [0.15, 0.2) is 11.3 Å². The van der Waals surface area contributed by atoms with Gasteiger partial charge in [-0.2, -0.15) is 26.3 Å². The number of amides is 1.